The molecule has 1 aliphatic heterocycles. The standard InChI is InChI=1S/C20H27N7O/c1-15-12-18(27-19(23-15)13-16(2)24-27)21-14-17-6-3-4-9-25(17)10-11-26-20(28)7-5-8-22-26/h5,7-8,12-13,17,21H,3-4,6,9-11,14H2,1-2H3. The van der Waals surface area contributed by atoms with Crippen LogP contribution in [0.2, 0.25) is 0 Å². The van der Waals surface area contributed by atoms with Gasteiger partial charge in [0.15, 0.2) is 5.65 Å². The lowest BCUT2D eigenvalue weighted by molar-refractivity contribution is 0.148. The van der Waals surface area contributed by atoms with Crippen molar-refractivity contribution in [2.24, 2.45) is 0 Å². The summed E-state index contributed by atoms with van der Waals surface area (Å²) in [5, 5.41) is 12.3. The Morgan fingerprint density at radius 2 is 2.07 bits per heavy atom. The number of nitrogens with zero attached hydrogens (tertiary/aromatic N) is 6. The van der Waals surface area contributed by atoms with Gasteiger partial charge in [-0.05, 0) is 39.3 Å². The van der Waals surface area contributed by atoms with E-state index in [0.29, 0.717) is 12.6 Å². The first-order valence-corrected chi connectivity index (χ1v) is 9.94. The molecule has 148 valence electrons. The van der Waals surface area contributed by atoms with Crippen LogP contribution in [0.3, 0.4) is 0 Å². The highest BCUT2D eigenvalue weighted by Gasteiger charge is 2.22. The Balaban J connectivity index is 1.44. The van der Waals surface area contributed by atoms with Gasteiger partial charge in [-0.1, -0.05) is 6.42 Å². The largest absolute Gasteiger partial charge is 0.368 e. The molecule has 8 nitrogen and oxygen atoms in total. The number of anilines is 1. The molecule has 1 unspecified atom stereocenters. The fourth-order valence-corrected chi connectivity index (χ4v) is 3.93. The van der Waals surface area contributed by atoms with Gasteiger partial charge in [-0.15, -0.1) is 0 Å². The summed E-state index contributed by atoms with van der Waals surface area (Å²) in [4.78, 5) is 18.9. The second-order valence-corrected chi connectivity index (χ2v) is 7.49. The molecule has 3 aromatic heterocycles. The highest BCUT2D eigenvalue weighted by atomic mass is 16.1. The van der Waals surface area contributed by atoms with E-state index in [1.807, 2.05) is 30.5 Å². The van der Waals surface area contributed by atoms with E-state index in [1.165, 1.54) is 12.8 Å². The van der Waals surface area contributed by atoms with Crippen LogP contribution in [-0.2, 0) is 6.54 Å². The van der Waals surface area contributed by atoms with Crippen molar-refractivity contribution in [3.63, 3.8) is 0 Å². The van der Waals surface area contributed by atoms with E-state index in [2.05, 4.69) is 25.4 Å². The highest BCUT2D eigenvalue weighted by molar-refractivity contribution is 5.50. The number of rotatable bonds is 6. The smallest absolute Gasteiger partial charge is 0.266 e. The van der Waals surface area contributed by atoms with Crippen LogP contribution < -0.4 is 10.9 Å². The van der Waals surface area contributed by atoms with Crippen LogP contribution in [0.5, 0.6) is 0 Å². The molecule has 0 amide bonds. The molecule has 8 heteroatoms. The van der Waals surface area contributed by atoms with Gasteiger partial charge in [-0.2, -0.15) is 14.7 Å². The van der Waals surface area contributed by atoms with Gasteiger partial charge < -0.3 is 5.32 Å². The maximum Gasteiger partial charge on any atom is 0.266 e. The molecule has 1 N–H and O–H groups in total. The van der Waals surface area contributed by atoms with Crippen LogP contribution in [0.25, 0.3) is 5.65 Å². The normalized spacial score (nSPS) is 17.9. The van der Waals surface area contributed by atoms with E-state index >= 15 is 0 Å². The number of hydrogen-bond donors (Lipinski definition) is 1. The molecule has 0 aromatic carbocycles. The fourth-order valence-electron chi connectivity index (χ4n) is 3.93. The number of hydrogen-bond acceptors (Lipinski definition) is 6. The average Bonchev–Trinajstić information content (AvgIpc) is 3.06. The second-order valence-electron chi connectivity index (χ2n) is 7.49. The van der Waals surface area contributed by atoms with Crippen LogP contribution in [-0.4, -0.2) is 55.0 Å². The predicted octanol–water partition coefficient (Wildman–Crippen LogP) is 1.87. The third-order valence-corrected chi connectivity index (χ3v) is 5.33. The summed E-state index contributed by atoms with van der Waals surface area (Å²) >= 11 is 0. The van der Waals surface area contributed by atoms with Crippen LogP contribution in [0.4, 0.5) is 5.82 Å². The van der Waals surface area contributed by atoms with E-state index in [0.717, 1.165) is 48.9 Å². The van der Waals surface area contributed by atoms with Gasteiger partial charge in [0.25, 0.3) is 5.56 Å². The Hall–Kier alpha value is -2.74. The van der Waals surface area contributed by atoms with Crippen molar-refractivity contribution in [1.82, 2.24) is 29.3 Å². The quantitative estimate of drug-likeness (QED) is 0.702. The molecule has 0 aliphatic carbocycles. The summed E-state index contributed by atoms with van der Waals surface area (Å²) in [5.74, 6) is 0.974. The lowest BCUT2D eigenvalue weighted by Gasteiger charge is -2.36. The molecule has 1 fully saturated rings. The van der Waals surface area contributed by atoms with Crippen molar-refractivity contribution in [3.05, 3.63) is 52.2 Å². The number of likely N-dealkylation sites (tertiary alicyclic amines) is 1. The van der Waals surface area contributed by atoms with Gasteiger partial charge >= 0.3 is 0 Å². The van der Waals surface area contributed by atoms with Crippen LogP contribution in [0.1, 0.15) is 30.7 Å². The average molecular weight is 381 g/mol. The Kier molecular flexibility index (Phi) is 5.38. The number of aryl methyl sites for hydroxylation is 2. The number of nitrogens with one attached hydrogen (secondary N) is 1. The summed E-state index contributed by atoms with van der Waals surface area (Å²) in [5.41, 5.74) is 2.76. The Morgan fingerprint density at radius 3 is 2.93 bits per heavy atom. The Bertz CT molecular complexity index is 1010. The number of fused-ring (bicyclic) bond motifs is 1. The third-order valence-electron chi connectivity index (χ3n) is 5.33. The molecule has 4 rings (SSSR count). The fraction of sp³-hybridized carbons (Fsp3) is 0.500. The first-order chi connectivity index (χ1) is 13.6. The van der Waals surface area contributed by atoms with Gasteiger partial charge in [0.05, 0.1) is 12.2 Å². The van der Waals surface area contributed by atoms with Crippen molar-refractivity contribution in [2.45, 2.75) is 45.7 Å². The van der Waals surface area contributed by atoms with Crippen molar-refractivity contribution < 1.29 is 0 Å². The third kappa shape index (κ3) is 4.06. The van der Waals surface area contributed by atoms with E-state index in [9.17, 15) is 4.79 Å². The SMILES string of the molecule is Cc1cc(NCC2CCCCN2CCn2ncccc2=O)n2nc(C)cc2n1. The zero-order valence-corrected chi connectivity index (χ0v) is 16.5. The highest BCUT2D eigenvalue weighted by Crippen LogP contribution is 2.19. The Labute approximate surface area is 164 Å². The zero-order chi connectivity index (χ0) is 19.5. The van der Waals surface area contributed by atoms with Gasteiger partial charge in [0.1, 0.15) is 5.82 Å². The maximum absolute atomic E-state index is 11.9. The molecule has 0 saturated carbocycles. The molecule has 0 spiro atoms. The van der Waals surface area contributed by atoms with E-state index in [4.69, 9.17) is 0 Å². The lowest BCUT2D eigenvalue weighted by Crippen LogP contribution is -2.45. The molecule has 4 heterocycles. The van der Waals surface area contributed by atoms with Crippen LogP contribution in [0, 0.1) is 13.8 Å². The van der Waals surface area contributed by atoms with Crippen LogP contribution in [0.15, 0.2) is 35.3 Å². The summed E-state index contributed by atoms with van der Waals surface area (Å²) in [7, 11) is 0. The molecule has 1 aliphatic rings. The molecule has 28 heavy (non-hydrogen) atoms. The molecule has 1 saturated heterocycles. The molecule has 3 aromatic rings. The summed E-state index contributed by atoms with van der Waals surface area (Å²) < 4.78 is 3.42. The van der Waals surface area contributed by atoms with E-state index < -0.39 is 0 Å². The van der Waals surface area contributed by atoms with Crippen molar-refractivity contribution in [1.29, 1.82) is 0 Å². The van der Waals surface area contributed by atoms with Crippen molar-refractivity contribution in [2.75, 3.05) is 25.0 Å². The summed E-state index contributed by atoms with van der Waals surface area (Å²) in [6.07, 6.45) is 5.25. The minimum Gasteiger partial charge on any atom is -0.368 e. The zero-order valence-electron chi connectivity index (χ0n) is 16.5. The minimum atomic E-state index is -0.0436. The summed E-state index contributed by atoms with van der Waals surface area (Å²) in [6, 6.07) is 7.70. The van der Waals surface area contributed by atoms with Gasteiger partial charge in [-0.25, -0.2) is 9.67 Å². The monoisotopic (exact) mass is 381 g/mol. The van der Waals surface area contributed by atoms with E-state index in [-0.39, 0.29) is 5.56 Å². The van der Waals surface area contributed by atoms with Crippen molar-refractivity contribution in [3.8, 4) is 0 Å². The molecule has 0 bridgehead atoms. The number of piperidine rings is 1. The van der Waals surface area contributed by atoms with Gasteiger partial charge in [0.2, 0.25) is 0 Å². The van der Waals surface area contributed by atoms with E-state index in [1.54, 1.807) is 23.0 Å². The topological polar surface area (TPSA) is 80.4 Å². The maximum atomic E-state index is 11.9. The Morgan fingerprint density at radius 1 is 1.18 bits per heavy atom. The first kappa shape index (κ1) is 18.6. The van der Waals surface area contributed by atoms with Crippen molar-refractivity contribution >= 4 is 11.5 Å². The minimum absolute atomic E-state index is 0.0436. The lowest BCUT2D eigenvalue weighted by atomic mass is 10.0. The molecular weight excluding hydrogens is 354 g/mol. The van der Waals surface area contributed by atoms with Gasteiger partial charge in [0, 0.05) is 49.2 Å². The summed E-state index contributed by atoms with van der Waals surface area (Å²) in [6.45, 7) is 7.33. The number of aromatic nitrogens is 5. The van der Waals surface area contributed by atoms with Gasteiger partial charge in [-0.3, -0.25) is 9.69 Å². The van der Waals surface area contributed by atoms with Crippen LogP contribution >= 0.6 is 0 Å². The predicted molar refractivity (Wildman–Crippen MR) is 109 cm³/mol. The molecular formula is C20H27N7O. The second kappa shape index (κ2) is 8.10. The molecule has 0 radical (unpaired) electrons. The first-order valence-electron chi connectivity index (χ1n) is 9.94. The molecule has 1 atom stereocenters.